The lowest BCUT2D eigenvalue weighted by atomic mass is 9.94. The van der Waals surface area contributed by atoms with Crippen LogP contribution in [0, 0.1) is 5.92 Å². The maximum Gasteiger partial charge on any atom is 0.303 e. The minimum atomic E-state index is -0.821. The number of likely N-dealkylation sites (tertiary alicyclic amines) is 1. The molecular formula is C14H15Cl2NO3. The van der Waals surface area contributed by atoms with E-state index in [1.165, 1.54) is 0 Å². The minimum Gasteiger partial charge on any atom is -0.481 e. The molecule has 1 aliphatic rings. The summed E-state index contributed by atoms with van der Waals surface area (Å²) in [6.07, 6.45) is 1.77. The second-order valence-corrected chi connectivity index (χ2v) is 5.80. The molecule has 0 spiro atoms. The fourth-order valence-corrected chi connectivity index (χ4v) is 2.77. The molecule has 0 bridgehead atoms. The molecule has 1 aromatic carbocycles. The number of carboxylic acid groups (broad SMARTS) is 1. The number of halogens is 2. The van der Waals surface area contributed by atoms with Crippen LogP contribution >= 0.6 is 23.2 Å². The van der Waals surface area contributed by atoms with Gasteiger partial charge in [-0.15, -0.1) is 0 Å². The number of aliphatic carboxylic acids is 1. The van der Waals surface area contributed by atoms with E-state index in [9.17, 15) is 9.59 Å². The summed E-state index contributed by atoms with van der Waals surface area (Å²) in [5.41, 5.74) is 0.482. The fourth-order valence-electron chi connectivity index (χ4n) is 2.47. The number of benzene rings is 1. The molecule has 0 radical (unpaired) electrons. The number of hydrogen-bond donors (Lipinski definition) is 1. The van der Waals surface area contributed by atoms with Crippen LogP contribution in [0.4, 0.5) is 0 Å². The molecule has 1 atom stereocenters. The van der Waals surface area contributed by atoms with E-state index in [1.54, 1.807) is 23.1 Å². The summed E-state index contributed by atoms with van der Waals surface area (Å²) in [6.45, 7) is 1.13. The molecule has 1 saturated heterocycles. The second-order valence-electron chi connectivity index (χ2n) is 4.99. The summed E-state index contributed by atoms with van der Waals surface area (Å²) in [6, 6.07) is 4.78. The number of carboxylic acids is 1. The maximum atomic E-state index is 12.4. The highest BCUT2D eigenvalue weighted by Crippen LogP contribution is 2.25. The number of nitrogens with zero attached hydrogens (tertiary/aromatic N) is 1. The van der Waals surface area contributed by atoms with Gasteiger partial charge in [0.25, 0.3) is 5.91 Å². The number of piperidine rings is 1. The second kappa shape index (κ2) is 6.46. The Hall–Kier alpha value is -1.26. The van der Waals surface area contributed by atoms with Crippen molar-refractivity contribution in [1.29, 1.82) is 0 Å². The van der Waals surface area contributed by atoms with Gasteiger partial charge in [0.2, 0.25) is 0 Å². The molecule has 1 unspecified atom stereocenters. The first-order valence-corrected chi connectivity index (χ1v) is 7.19. The summed E-state index contributed by atoms with van der Waals surface area (Å²) in [5.74, 6) is -0.925. The van der Waals surface area contributed by atoms with Crippen molar-refractivity contribution in [3.63, 3.8) is 0 Å². The van der Waals surface area contributed by atoms with Crippen LogP contribution in [0.3, 0.4) is 0 Å². The van der Waals surface area contributed by atoms with Crippen molar-refractivity contribution >= 4 is 35.1 Å². The third-order valence-electron chi connectivity index (χ3n) is 3.44. The van der Waals surface area contributed by atoms with Crippen LogP contribution in [0.1, 0.15) is 29.6 Å². The van der Waals surface area contributed by atoms with Crippen LogP contribution in [-0.4, -0.2) is 35.0 Å². The van der Waals surface area contributed by atoms with Gasteiger partial charge in [0.05, 0.1) is 10.0 Å². The zero-order valence-corrected chi connectivity index (χ0v) is 12.3. The van der Waals surface area contributed by atoms with Crippen molar-refractivity contribution in [3.8, 4) is 0 Å². The predicted octanol–water partition coefficient (Wildman–Crippen LogP) is 3.32. The Labute approximate surface area is 127 Å². The molecule has 4 nitrogen and oxygen atoms in total. The molecule has 1 aliphatic heterocycles. The van der Waals surface area contributed by atoms with Gasteiger partial charge in [-0.3, -0.25) is 9.59 Å². The lowest BCUT2D eigenvalue weighted by Gasteiger charge is -2.32. The summed E-state index contributed by atoms with van der Waals surface area (Å²) >= 11 is 11.7. The molecule has 6 heteroatoms. The number of amides is 1. The number of hydrogen-bond acceptors (Lipinski definition) is 2. The van der Waals surface area contributed by atoms with E-state index in [0.717, 1.165) is 12.8 Å². The Balaban J connectivity index is 2.08. The molecule has 1 aromatic rings. The van der Waals surface area contributed by atoms with Crippen LogP contribution in [-0.2, 0) is 4.79 Å². The first-order valence-electron chi connectivity index (χ1n) is 6.43. The highest BCUT2D eigenvalue weighted by Gasteiger charge is 2.26. The molecule has 108 valence electrons. The number of carbonyl (C=O) groups is 2. The summed E-state index contributed by atoms with van der Waals surface area (Å²) < 4.78 is 0. The Kier molecular flexibility index (Phi) is 4.89. The van der Waals surface area contributed by atoms with Gasteiger partial charge in [0.1, 0.15) is 0 Å². The molecule has 0 aromatic heterocycles. The highest BCUT2D eigenvalue weighted by molar-refractivity contribution is 6.42. The average molecular weight is 316 g/mol. The molecule has 1 N–H and O–H groups in total. The third kappa shape index (κ3) is 3.64. The van der Waals surface area contributed by atoms with Crippen LogP contribution in [0.15, 0.2) is 18.2 Å². The first kappa shape index (κ1) is 15.1. The first-order chi connectivity index (χ1) is 9.47. The van der Waals surface area contributed by atoms with Gasteiger partial charge in [-0.05, 0) is 37.0 Å². The standard InChI is InChI=1S/C14H15Cl2NO3/c15-11-4-3-10(7-12(11)16)14(20)17-5-1-2-9(8-17)6-13(18)19/h3-4,7,9H,1-2,5-6,8H2,(H,18,19). The predicted molar refractivity (Wildman–Crippen MR) is 77.3 cm³/mol. The average Bonchev–Trinajstić information content (AvgIpc) is 2.40. The summed E-state index contributed by atoms with van der Waals surface area (Å²) in [4.78, 5) is 24.8. The Morgan fingerprint density at radius 3 is 2.70 bits per heavy atom. The lowest BCUT2D eigenvalue weighted by Crippen LogP contribution is -2.40. The zero-order chi connectivity index (χ0) is 14.7. The van der Waals surface area contributed by atoms with Gasteiger partial charge in [0, 0.05) is 25.1 Å². The van der Waals surface area contributed by atoms with Crippen molar-refractivity contribution < 1.29 is 14.7 Å². The Morgan fingerprint density at radius 1 is 1.30 bits per heavy atom. The van der Waals surface area contributed by atoms with Gasteiger partial charge in [0.15, 0.2) is 0 Å². The van der Waals surface area contributed by atoms with E-state index in [-0.39, 0.29) is 18.2 Å². The van der Waals surface area contributed by atoms with Crippen molar-refractivity contribution in [2.45, 2.75) is 19.3 Å². The number of carbonyl (C=O) groups excluding carboxylic acids is 1. The lowest BCUT2D eigenvalue weighted by molar-refractivity contribution is -0.138. The molecule has 20 heavy (non-hydrogen) atoms. The summed E-state index contributed by atoms with van der Waals surface area (Å²) in [7, 11) is 0. The Morgan fingerprint density at radius 2 is 2.05 bits per heavy atom. The molecule has 0 saturated carbocycles. The minimum absolute atomic E-state index is 0.0213. The monoisotopic (exact) mass is 315 g/mol. The third-order valence-corrected chi connectivity index (χ3v) is 4.18. The van der Waals surface area contributed by atoms with Crippen LogP contribution < -0.4 is 0 Å². The van der Waals surface area contributed by atoms with Gasteiger partial charge >= 0.3 is 5.97 Å². The molecule has 1 heterocycles. The molecule has 1 amide bonds. The van der Waals surface area contributed by atoms with Crippen molar-refractivity contribution in [2.75, 3.05) is 13.1 Å². The van der Waals surface area contributed by atoms with E-state index >= 15 is 0 Å². The SMILES string of the molecule is O=C(O)CC1CCCN(C(=O)c2ccc(Cl)c(Cl)c2)C1. The zero-order valence-electron chi connectivity index (χ0n) is 10.8. The molecule has 0 aliphatic carbocycles. The van der Waals surface area contributed by atoms with E-state index in [4.69, 9.17) is 28.3 Å². The molecular weight excluding hydrogens is 301 g/mol. The van der Waals surface area contributed by atoms with E-state index < -0.39 is 5.97 Å². The fraction of sp³-hybridized carbons (Fsp3) is 0.429. The van der Waals surface area contributed by atoms with E-state index in [0.29, 0.717) is 28.7 Å². The topological polar surface area (TPSA) is 57.6 Å². The smallest absolute Gasteiger partial charge is 0.303 e. The van der Waals surface area contributed by atoms with Gasteiger partial charge in [-0.1, -0.05) is 23.2 Å². The molecule has 2 rings (SSSR count). The van der Waals surface area contributed by atoms with E-state index in [2.05, 4.69) is 0 Å². The van der Waals surface area contributed by atoms with E-state index in [1.807, 2.05) is 0 Å². The van der Waals surface area contributed by atoms with Crippen LogP contribution in [0.5, 0.6) is 0 Å². The normalized spacial score (nSPS) is 18.9. The van der Waals surface area contributed by atoms with Crippen molar-refractivity contribution in [1.82, 2.24) is 4.90 Å². The van der Waals surface area contributed by atoms with Gasteiger partial charge in [-0.2, -0.15) is 0 Å². The van der Waals surface area contributed by atoms with Crippen molar-refractivity contribution in [2.24, 2.45) is 5.92 Å². The van der Waals surface area contributed by atoms with Gasteiger partial charge < -0.3 is 10.0 Å². The maximum absolute atomic E-state index is 12.4. The molecule has 1 fully saturated rings. The van der Waals surface area contributed by atoms with Crippen LogP contribution in [0.25, 0.3) is 0 Å². The largest absolute Gasteiger partial charge is 0.481 e. The number of rotatable bonds is 3. The Bertz CT molecular complexity index is 533. The van der Waals surface area contributed by atoms with Crippen LogP contribution in [0.2, 0.25) is 10.0 Å². The highest BCUT2D eigenvalue weighted by atomic mass is 35.5. The summed E-state index contributed by atoms with van der Waals surface area (Å²) in [5, 5.41) is 9.59. The van der Waals surface area contributed by atoms with Crippen molar-refractivity contribution in [3.05, 3.63) is 33.8 Å². The van der Waals surface area contributed by atoms with Gasteiger partial charge in [-0.25, -0.2) is 0 Å². The quantitative estimate of drug-likeness (QED) is 0.930.